The molecule has 0 saturated heterocycles. The molecule has 2 saturated carbocycles. The molecule has 0 unspecified atom stereocenters. The second-order valence-electron chi connectivity index (χ2n) is 6.66. The van der Waals surface area contributed by atoms with Gasteiger partial charge >= 0.3 is 0 Å². The zero-order chi connectivity index (χ0) is 14.1. The summed E-state index contributed by atoms with van der Waals surface area (Å²) < 4.78 is 0. The predicted molar refractivity (Wildman–Crippen MR) is 89.1 cm³/mol. The Balaban J connectivity index is 1.53. The van der Waals surface area contributed by atoms with E-state index in [2.05, 4.69) is 48.7 Å². The van der Waals surface area contributed by atoms with Gasteiger partial charge in [-0.15, -0.1) is 0 Å². The minimum absolute atomic E-state index is 0.572. The first-order chi connectivity index (χ1) is 9.61. The molecule has 0 heterocycles. The Morgan fingerprint density at radius 3 is 2.45 bits per heavy atom. The van der Waals surface area contributed by atoms with Gasteiger partial charge in [-0.2, -0.15) is 0 Å². The summed E-state index contributed by atoms with van der Waals surface area (Å²) in [5.74, 6) is 2.37. The highest BCUT2D eigenvalue weighted by atomic mass is 32.1. The molecule has 3 heteroatoms. The number of rotatable bonds is 3. The molecule has 2 nitrogen and oxygen atoms in total. The highest BCUT2D eigenvalue weighted by Crippen LogP contribution is 2.44. The van der Waals surface area contributed by atoms with Crippen LogP contribution < -0.4 is 10.6 Å². The summed E-state index contributed by atoms with van der Waals surface area (Å²) in [6.07, 6.45) is 5.52. The monoisotopic (exact) mass is 288 g/mol. The van der Waals surface area contributed by atoms with Crippen molar-refractivity contribution < 1.29 is 0 Å². The molecule has 2 aliphatic rings. The molecule has 3 atom stereocenters. The molecule has 3 rings (SSSR count). The van der Waals surface area contributed by atoms with Crippen LogP contribution in [0.2, 0.25) is 0 Å². The Bertz CT molecular complexity index is 480. The van der Waals surface area contributed by atoms with Gasteiger partial charge in [0.05, 0.1) is 0 Å². The van der Waals surface area contributed by atoms with Crippen LogP contribution in [0.15, 0.2) is 24.3 Å². The molecular weight excluding hydrogens is 264 g/mol. The summed E-state index contributed by atoms with van der Waals surface area (Å²) in [5, 5.41) is 7.61. The maximum absolute atomic E-state index is 5.45. The van der Waals surface area contributed by atoms with Gasteiger partial charge in [0, 0.05) is 11.7 Å². The third-order valence-electron chi connectivity index (χ3n) is 4.89. The Morgan fingerprint density at radius 1 is 1.15 bits per heavy atom. The van der Waals surface area contributed by atoms with Crippen LogP contribution in [0.3, 0.4) is 0 Å². The smallest absolute Gasteiger partial charge is 0.171 e. The van der Waals surface area contributed by atoms with Gasteiger partial charge in [0.1, 0.15) is 0 Å². The van der Waals surface area contributed by atoms with Crippen molar-refractivity contribution in [2.24, 2.45) is 11.8 Å². The zero-order valence-electron chi connectivity index (χ0n) is 12.4. The Labute approximate surface area is 127 Å². The SMILES string of the molecule is CC(C)c1ccc(NC(=S)N[C@@H]2C[C@H]3CC[C@H]2C3)cc1. The maximum Gasteiger partial charge on any atom is 0.171 e. The van der Waals surface area contributed by atoms with E-state index in [0.29, 0.717) is 12.0 Å². The molecule has 0 aromatic heterocycles. The number of thiocarbonyl (C=S) groups is 1. The fourth-order valence-electron chi connectivity index (χ4n) is 3.71. The van der Waals surface area contributed by atoms with Crippen LogP contribution in [0, 0.1) is 11.8 Å². The number of hydrogen-bond acceptors (Lipinski definition) is 1. The van der Waals surface area contributed by atoms with Gasteiger partial charge in [0.25, 0.3) is 0 Å². The van der Waals surface area contributed by atoms with Crippen molar-refractivity contribution in [2.75, 3.05) is 5.32 Å². The van der Waals surface area contributed by atoms with Crippen molar-refractivity contribution in [3.05, 3.63) is 29.8 Å². The van der Waals surface area contributed by atoms with Crippen molar-refractivity contribution in [3.63, 3.8) is 0 Å². The molecule has 2 fully saturated rings. The number of hydrogen-bond donors (Lipinski definition) is 2. The maximum atomic E-state index is 5.45. The Morgan fingerprint density at radius 2 is 1.90 bits per heavy atom. The molecule has 108 valence electrons. The third-order valence-corrected chi connectivity index (χ3v) is 5.11. The van der Waals surface area contributed by atoms with Crippen LogP contribution in [-0.2, 0) is 0 Å². The molecule has 2 bridgehead atoms. The number of fused-ring (bicyclic) bond motifs is 2. The highest BCUT2D eigenvalue weighted by molar-refractivity contribution is 7.80. The van der Waals surface area contributed by atoms with E-state index in [9.17, 15) is 0 Å². The van der Waals surface area contributed by atoms with Crippen molar-refractivity contribution in [3.8, 4) is 0 Å². The summed E-state index contributed by atoms with van der Waals surface area (Å²) in [6, 6.07) is 9.18. The van der Waals surface area contributed by atoms with E-state index >= 15 is 0 Å². The van der Waals surface area contributed by atoms with Crippen molar-refractivity contribution in [1.82, 2.24) is 5.32 Å². The van der Waals surface area contributed by atoms with Crippen molar-refractivity contribution in [2.45, 2.75) is 51.5 Å². The summed E-state index contributed by atoms with van der Waals surface area (Å²) in [5.41, 5.74) is 2.44. The second-order valence-corrected chi connectivity index (χ2v) is 7.06. The third kappa shape index (κ3) is 2.98. The minimum atomic E-state index is 0.572. The first-order valence-electron chi connectivity index (χ1n) is 7.79. The van der Waals surface area contributed by atoms with Gasteiger partial charge in [-0.1, -0.05) is 32.4 Å². The molecule has 20 heavy (non-hydrogen) atoms. The lowest BCUT2D eigenvalue weighted by molar-refractivity contribution is 0.392. The summed E-state index contributed by atoms with van der Waals surface area (Å²) in [6.45, 7) is 4.42. The van der Waals surface area contributed by atoms with Gasteiger partial charge in [0.2, 0.25) is 0 Å². The van der Waals surface area contributed by atoms with Gasteiger partial charge in [-0.3, -0.25) is 0 Å². The Hall–Kier alpha value is -1.09. The lowest BCUT2D eigenvalue weighted by Crippen LogP contribution is -2.40. The molecule has 2 aliphatic carbocycles. The van der Waals surface area contributed by atoms with Crippen LogP contribution in [-0.4, -0.2) is 11.2 Å². The van der Waals surface area contributed by atoms with E-state index in [-0.39, 0.29) is 0 Å². The average Bonchev–Trinajstić information content (AvgIpc) is 3.01. The molecule has 0 radical (unpaired) electrons. The zero-order valence-corrected chi connectivity index (χ0v) is 13.2. The van der Waals surface area contributed by atoms with Crippen LogP contribution in [0.1, 0.15) is 51.0 Å². The molecular formula is C17H24N2S. The quantitative estimate of drug-likeness (QED) is 0.812. The lowest BCUT2D eigenvalue weighted by atomic mass is 9.95. The lowest BCUT2D eigenvalue weighted by Gasteiger charge is -2.24. The van der Waals surface area contributed by atoms with Crippen molar-refractivity contribution >= 4 is 23.0 Å². The van der Waals surface area contributed by atoms with E-state index in [1.165, 1.54) is 31.2 Å². The van der Waals surface area contributed by atoms with Crippen LogP contribution in [0.25, 0.3) is 0 Å². The minimum Gasteiger partial charge on any atom is -0.359 e. The van der Waals surface area contributed by atoms with Gasteiger partial charge in [-0.25, -0.2) is 0 Å². The fraction of sp³-hybridized carbons (Fsp3) is 0.588. The average molecular weight is 288 g/mol. The van der Waals surface area contributed by atoms with Gasteiger partial charge < -0.3 is 10.6 Å². The summed E-state index contributed by atoms with van der Waals surface area (Å²) in [4.78, 5) is 0. The normalized spacial score (nSPS) is 27.9. The highest BCUT2D eigenvalue weighted by Gasteiger charge is 2.39. The van der Waals surface area contributed by atoms with Gasteiger partial charge in [-0.05, 0) is 66.9 Å². The molecule has 2 N–H and O–H groups in total. The number of anilines is 1. The molecule has 1 aromatic rings. The molecule has 1 aromatic carbocycles. The first-order valence-corrected chi connectivity index (χ1v) is 8.20. The predicted octanol–water partition coefficient (Wildman–Crippen LogP) is 4.29. The van der Waals surface area contributed by atoms with E-state index in [1.54, 1.807) is 0 Å². The van der Waals surface area contributed by atoms with Gasteiger partial charge in [0.15, 0.2) is 5.11 Å². The standard InChI is InChI=1S/C17H24N2S/c1-11(2)13-5-7-15(8-6-13)18-17(20)19-16-10-12-3-4-14(16)9-12/h5-8,11-12,14,16H,3-4,9-10H2,1-2H3,(H2,18,19,20)/t12-,14-,16+/m0/s1. The van der Waals surface area contributed by atoms with Crippen LogP contribution in [0.4, 0.5) is 5.69 Å². The largest absolute Gasteiger partial charge is 0.359 e. The second kappa shape index (κ2) is 5.72. The van der Waals surface area contributed by atoms with E-state index in [0.717, 1.165) is 22.6 Å². The van der Waals surface area contributed by atoms with Crippen LogP contribution in [0.5, 0.6) is 0 Å². The number of benzene rings is 1. The number of nitrogens with one attached hydrogen (secondary N) is 2. The van der Waals surface area contributed by atoms with E-state index in [4.69, 9.17) is 12.2 Å². The van der Waals surface area contributed by atoms with E-state index < -0.39 is 0 Å². The summed E-state index contributed by atoms with van der Waals surface area (Å²) >= 11 is 5.45. The molecule has 0 spiro atoms. The Kier molecular flexibility index (Phi) is 3.97. The first kappa shape index (κ1) is 13.9. The fourth-order valence-corrected chi connectivity index (χ4v) is 3.98. The topological polar surface area (TPSA) is 24.1 Å². The van der Waals surface area contributed by atoms with Crippen molar-refractivity contribution in [1.29, 1.82) is 0 Å². The summed E-state index contributed by atoms with van der Waals surface area (Å²) in [7, 11) is 0. The van der Waals surface area contributed by atoms with E-state index in [1.807, 2.05) is 0 Å². The molecule has 0 aliphatic heterocycles. The molecule has 0 amide bonds. The van der Waals surface area contributed by atoms with Crippen LogP contribution >= 0.6 is 12.2 Å².